The van der Waals surface area contributed by atoms with Gasteiger partial charge in [0.15, 0.2) is 24.0 Å². The van der Waals surface area contributed by atoms with Crippen molar-refractivity contribution in [3.63, 3.8) is 0 Å². The topological polar surface area (TPSA) is 80.8 Å². The van der Waals surface area contributed by atoms with E-state index < -0.39 is 40.0 Å². The number of esters is 1. The molecule has 3 aromatic carbocycles. The van der Waals surface area contributed by atoms with Crippen LogP contribution >= 0.6 is 0 Å². The van der Waals surface area contributed by atoms with Crippen molar-refractivity contribution in [2.24, 2.45) is 0 Å². The van der Waals surface area contributed by atoms with E-state index in [1.807, 2.05) is 0 Å². The maximum atomic E-state index is 13.2. The first-order valence-corrected chi connectivity index (χ1v) is 10.4. The van der Waals surface area contributed by atoms with Gasteiger partial charge in [-0.1, -0.05) is 18.2 Å². The number of carbonyl (C=O) groups is 2. The zero-order valence-electron chi connectivity index (χ0n) is 16.3. The summed E-state index contributed by atoms with van der Waals surface area (Å²) in [5.41, 5.74) is 0.359. The average molecular weight is 445 g/mol. The fraction of sp³-hybridized carbons (Fsp3) is 0.0909. The van der Waals surface area contributed by atoms with Crippen molar-refractivity contribution in [3.8, 4) is 0 Å². The summed E-state index contributed by atoms with van der Waals surface area (Å²) in [5, 5.41) is 0. The van der Waals surface area contributed by atoms with Crippen LogP contribution in [0.2, 0.25) is 0 Å². The fourth-order valence-electron chi connectivity index (χ4n) is 2.67. The molecule has 6 nitrogen and oxygen atoms in total. The van der Waals surface area contributed by atoms with Crippen molar-refractivity contribution in [1.29, 1.82) is 0 Å². The minimum atomic E-state index is -3.84. The second kappa shape index (κ2) is 9.05. The van der Waals surface area contributed by atoms with Crippen LogP contribution in [0.5, 0.6) is 0 Å². The molecule has 0 atom stereocenters. The van der Waals surface area contributed by atoms with Gasteiger partial charge in [-0.05, 0) is 54.6 Å². The molecule has 3 rings (SSSR count). The summed E-state index contributed by atoms with van der Waals surface area (Å²) in [7, 11) is -2.43. The lowest BCUT2D eigenvalue weighted by atomic mass is 10.1. The Balaban J connectivity index is 1.67. The van der Waals surface area contributed by atoms with E-state index in [0.717, 1.165) is 16.4 Å². The van der Waals surface area contributed by atoms with Gasteiger partial charge in [0.2, 0.25) is 0 Å². The molecule has 0 saturated carbocycles. The minimum Gasteiger partial charge on any atom is -0.454 e. The first kappa shape index (κ1) is 22.1. The number of ether oxygens (including phenoxy) is 1. The molecule has 0 radical (unpaired) electrons. The molecule has 0 aliphatic heterocycles. The van der Waals surface area contributed by atoms with E-state index >= 15 is 0 Å². The molecule has 0 bridgehead atoms. The summed E-state index contributed by atoms with van der Waals surface area (Å²) in [4.78, 5) is 24.1. The van der Waals surface area contributed by atoms with Crippen LogP contribution in [0.4, 0.5) is 14.5 Å². The highest BCUT2D eigenvalue weighted by molar-refractivity contribution is 7.92. The van der Waals surface area contributed by atoms with E-state index in [-0.39, 0.29) is 16.0 Å². The Morgan fingerprint density at radius 1 is 0.871 bits per heavy atom. The SMILES string of the molecule is CN(c1ccccc1)S(=O)(=O)c1ccc(C(=O)OCC(=O)c2ccc(F)c(F)c2)cc1. The highest BCUT2D eigenvalue weighted by atomic mass is 32.2. The Kier molecular flexibility index (Phi) is 6.45. The smallest absolute Gasteiger partial charge is 0.338 e. The molecule has 0 N–H and O–H groups in total. The number of sulfonamides is 1. The Labute approximate surface area is 177 Å². The van der Waals surface area contributed by atoms with Crippen molar-refractivity contribution in [2.45, 2.75) is 4.90 Å². The second-order valence-electron chi connectivity index (χ2n) is 6.46. The fourth-order valence-corrected chi connectivity index (χ4v) is 3.86. The number of ketones is 1. The number of nitrogens with zero attached hydrogens (tertiary/aromatic N) is 1. The van der Waals surface area contributed by atoms with Crippen molar-refractivity contribution < 1.29 is 31.5 Å². The van der Waals surface area contributed by atoms with E-state index in [9.17, 15) is 26.8 Å². The van der Waals surface area contributed by atoms with Gasteiger partial charge in [0, 0.05) is 12.6 Å². The Bertz CT molecular complexity index is 1210. The van der Waals surface area contributed by atoms with Crippen LogP contribution in [0, 0.1) is 11.6 Å². The summed E-state index contributed by atoms with van der Waals surface area (Å²) in [5.74, 6) is -3.86. The molecule has 0 heterocycles. The molecule has 0 amide bonds. The lowest BCUT2D eigenvalue weighted by Crippen LogP contribution is -2.26. The van der Waals surface area contributed by atoms with Crippen molar-refractivity contribution >= 4 is 27.5 Å². The molecule has 0 saturated heterocycles. The van der Waals surface area contributed by atoms with Gasteiger partial charge in [-0.2, -0.15) is 0 Å². The zero-order valence-corrected chi connectivity index (χ0v) is 17.1. The van der Waals surface area contributed by atoms with E-state index in [1.54, 1.807) is 30.3 Å². The van der Waals surface area contributed by atoms with E-state index in [2.05, 4.69) is 0 Å². The van der Waals surface area contributed by atoms with E-state index in [0.29, 0.717) is 11.8 Å². The van der Waals surface area contributed by atoms with Crippen molar-refractivity contribution in [2.75, 3.05) is 18.0 Å². The molecule has 0 unspecified atom stereocenters. The second-order valence-corrected chi connectivity index (χ2v) is 8.43. The highest BCUT2D eigenvalue weighted by Crippen LogP contribution is 2.22. The number of benzene rings is 3. The maximum absolute atomic E-state index is 13.2. The molecule has 0 fully saturated rings. The van der Waals surface area contributed by atoms with Gasteiger partial charge in [0.25, 0.3) is 10.0 Å². The molecule has 0 aromatic heterocycles. The number of Topliss-reactive ketones (excluding diaryl/α,β-unsaturated/α-hetero) is 1. The van der Waals surface area contributed by atoms with E-state index in [4.69, 9.17) is 4.74 Å². The van der Waals surface area contributed by atoms with Crippen LogP contribution in [0.15, 0.2) is 77.7 Å². The van der Waals surface area contributed by atoms with Gasteiger partial charge >= 0.3 is 5.97 Å². The van der Waals surface area contributed by atoms with Gasteiger partial charge in [0.05, 0.1) is 16.1 Å². The van der Waals surface area contributed by atoms with Crippen LogP contribution in [0.1, 0.15) is 20.7 Å². The normalized spacial score (nSPS) is 11.1. The number of halogens is 2. The molecule has 0 aliphatic rings. The highest BCUT2D eigenvalue weighted by Gasteiger charge is 2.22. The third-order valence-corrected chi connectivity index (χ3v) is 6.24. The van der Waals surface area contributed by atoms with Gasteiger partial charge in [-0.15, -0.1) is 0 Å². The summed E-state index contributed by atoms with van der Waals surface area (Å²) >= 11 is 0. The molecular formula is C22H17F2NO5S. The largest absolute Gasteiger partial charge is 0.454 e. The number of hydrogen-bond acceptors (Lipinski definition) is 5. The monoisotopic (exact) mass is 445 g/mol. The lowest BCUT2D eigenvalue weighted by Gasteiger charge is -2.19. The summed E-state index contributed by atoms with van der Waals surface area (Å²) in [6.45, 7) is -0.680. The van der Waals surface area contributed by atoms with Gasteiger partial charge in [-0.3, -0.25) is 9.10 Å². The third-order valence-electron chi connectivity index (χ3n) is 4.44. The Hall–Kier alpha value is -3.59. The molecule has 160 valence electrons. The van der Waals surface area contributed by atoms with Gasteiger partial charge in [-0.25, -0.2) is 22.0 Å². The van der Waals surface area contributed by atoms with Crippen LogP contribution in [-0.4, -0.2) is 33.8 Å². The predicted molar refractivity (Wildman–Crippen MR) is 109 cm³/mol. The lowest BCUT2D eigenvalue weighted by molar-refractivity contribution is 0.0474. The molecule has 31 heavy (non-hydrogen) atoms. The number of hydrogen-bond donors (Lipinski definition) is 0. The number of rotatable bonds is 7. The third kappa shape index (κ3) is 4.95. The quantitative estimate of drug-likeness (QED) is 0.408. The van der Waals surface area contributed by atoms with Gasteiger partial charge in [0.1, 0.15) is 0 Å². The van der Waals surface area contributed by atoms with Crippen LogP contribution in [-0.2, 0) is 14.8 Å². The summed E-state index contributed by atoms with van der Waals surface area (Å²) < 4.78 is 57.7. The molecular weight excluding hydrogens is 428 g/mol. The number of para-hydroxylation sites is 1. The Morgan fingerprint density at radius 3 is 2.10 bits per heavy atom. The molecule has 0 aliphatic carbocycles. The van der Waals surface area contributed by atoms with Crippen LogP contribution < -0.4 is 4.31 Å². The minimum absolute atomic E-state index is 0.0272. The van der Waals surface area contributed by atoms with Crippen LogP contribution in [0.25, 0.3) is 0 Å². The van der Waals surface area contributed by atoms with Crippen LogP contribution in [0.3, 0.4) is 0 Å². The average Bonchev–Trinajstić information content (AvgIpc) is 2.79. The maximum Gasteiger partial charge on any atom is 0.338 e. The standard InChI is InChI=1S/C22H17F2NO5S/c1-25(17-5-3-2-4-6-17)31(28,29)18-10-7-15(8-11-18)22(27)30-14-21(26)16-9-12-19(23)20(24)13-16/h2-13H,14H2,1H3. The number of anilines is 1. The summed E-state index contributed by atoms with van der Waals surface area (Å²) in [6, 6.07) is 16.1. The first-order valence-electron chi connectivity index (χ1n) is 8.99. The molecule has 9 heteroatoms. The molecule has 0 spiro atoms. The predicted octanol–water partition coefficient (Wildman–Crippen LogP) is 3.83. The van der Waals surface area contributed by atoms with Gasteiger partial charge < -0.3 is 4.74 Å². The van der Waals surface area contributed by atoms with Crippen molar-refractivity contribution in [1.82, 2.24) is 0 Å². The first-order chi connectivity index (χ1) is 14.7. The van der Waals surface area contributed by atoms with Crippen molar-refractivity contribution in [3.05, 3.63) is 95.6 Å². The number of carbonyl (C=O) groups excluding carboxylic acids is 2. The molecule has 3 aromatic rings. The summed E-state index contributed by atoms with van der Waals surface area (Å²) in [6.07, 6.45) is 0. The zero-order chi connectivity index (χ0) is 22.6. The van der Waals surface area contributed by atoms with E-state index in [1.165, 1.54) is 31.3 Å². The Morgan fingerprint density at radius 2 is 1.48 bits per heavy atom.